The number of primary amides is 1. The van der Waals surface area contributed by atoms with Crippen molar-refractivity contribution >= 4 is 11.8 Å². The highest BCUT2D eigenvalue weighted by molar-refractivity contribution is 5.94. The molecule has 0 spiro atoms. The summed E-state index contributed by atoms with van der Waals surface area (Å²) in [5, 5.41) is 2.52. The van der Waals surface area contributed by atoms with E-state index in [0.717, 1.165) is 22.3 Å². The van der Waals surface area contributed by atoms with E-state index >= 15 is 0 Å². The van der Waals surface area contributed by atoms with E-state index in [1.54, 1.807) is 33.5 Å². The second kappa shape index (κ2) is 8.77. The normalized spacial score (nSPS) is 20.5. The van der Waals surface area contributed by atoms with E-state index in [1.165, 1.54) is 13.1 Å². The van der Waals surface area contributed by atoms with E-state index in [2.05, 4.69) is 5.32 Å². The van der Waals surface area contributed by atoms with Gasteiger partial charge < -0.3 is 25.3 Å². The van der Waals surface area contributed by atoms with Crippen molar-refractivity contribution in [2.24, 2.45) is 17.6 Å². The van der Waals surface area contributed by atoms with Gasteiger partial charge in [-0.2, -0.15) is 0 Å². The molecule has 1 saturated carbocycles. The first kappa shape index (κ1) is 22.6. The molecule has 0 aromatic heterocycles. The van der Waals surface area contributed by atoms with E-state index < -0.39 is 5.91 Å². The third kappa shape index (κ3) is 3.79. The highest BCUT2D eigenvalue weighted by Gasteiger charge is 2.48. The van der Waals surface area contributed by atoms with Gasteiger partial charge in [0.05, 0.1) is 26.9 Å². The zero-order chi connectivity index (χ0) is 23.9. The van der Waals surface area contributed by atoms with Gasteiger partial charge in [-0.15, -0.1) is 0 Å². The summed E-state index contributed by atoms with van der Waals surface area (Å²) < 4.78 is 16.9. The van der Waals surface area contributed by atoms with Crippen LogP contribution < -0.4 is 30.7 Å². The minimum absolute atomic E-state index is 0.0487. The molecule has 2 aromatic carbocycles. The molecule has 33 heavy (non-hydrogen) atoms. The highest BCUT2D eigenvalue weighted by atomic mass is 16.5. The van der Waals surface area contributed by atoms with Gasteiger partial charge in [0.2, 0.25) is 11.7 Å². The lowest BCUT2D eigenvalue weighted by Gasteiger charge is -2.19. The minimum atomic E-state index is -0.456. The topological polar surface area (TPSA) is 117 Å². The monoisotopic (exact) mass is 452 g/mol. The van der Waals surface area contributed by atoms with Crippen molar-refractivity contribution in [3.63, 3.8) is 0 Å². The van der Waals surface area contributed by atoms with Crippen LogP contribution in [0.5, 0.6) is 17.2 Å². The molecule has 0 radical (unpaired) electrons. The van der Waals surface area contributed by atoms with Crippen molar-refractivity contribution in [3.8, 4) is 28.4 Å². The van der Waals surface area contributed by atoms with Crippen LogP contribution in [0.4, 0.5) is 0 Å². The largest absolute Gasteiger partial charge is 0.493 e. The maximum Gasteiger partial charge on any atom is 0.254 e. The molecule has 0 aliphatic heterocycles. The first-order chi connectivity index (χ1) is 15.9. The van der Waals surface area contributed by atoms with Gasteiger partial charge in [-0.3, -0.25) is 14.4 Å². The van der Waals surface area contributed by atoms with Crippen LogP contribution in [0.25, 0.3) is 11.1 Å². The molecule has 2 amide bonds. The van der Waals surface area contributed by atoms with Crippen LogP contribution in [0, 0.1) is 11.8 Å². The summed E-state index contributed by atoms with van der Waals surface area (Å²) in [5.41, 5.74) is 8.59. The van der Waals surface area contributed by atoms with Crippen LogP contribution in [-0.2, 0) is 11.2 Å². The zero-order valence-corrected chi connectivity index (χ0v) is 19.2. The van der Waals surface area contributed by atoms with E-state index in [1.807, 2.05) is 6.07 Å². The fourth-order valence-electron chi connectivity index (χ4n) is 5.10. The summed E-state index contributed by atoms with van der Waals surface area (Å²) >= 11 is 0. The maximum atomic E-state index is 13.1. The second-order valence-electron chi connectivity index (χ2n) is 8.44. The first-order valence-electron chi connectivity index (χ1n) is 10.9. The highest BCUT2D eigenvalue weighted by Crippen LogP contribution is 2.56. The van der Waals surface area contributed by atoms with Crippen molar-refractivity contribution in [1.29, 1.82) is 0 Å². The Hall–Kier alpha value is -3.55. The van der Waals surface area contributed by atoms with Crippen LogP contribution >= 0.6 is 0 Å². The van der Waals surface area contributed by atoms with Crippen molar-refractivity contribution in [2.45, 2.75) is 25.2 Å². The van der Waals surface area contributed by atoms with Gasteiger partial charge in [-0.05, 0) is 66.0 Å². The Labute approximate surface area is 192 Å². The average Bonchev–Trinajstić information content (AvgIpc) is 3.62. The maximum absolute atomic E-state index is 13.1. The Morgan fingerprint density at radius 1 is 1.06 bits per heavy atom. The molecule has 3 N–H and O–H groups in total. The van der Waals surface area contributed by atoms with Crippen LogP contribution in [-0.4, -0.2) is 40.2 Å². The number of fused-ring (bicyclic) bond motifs is 3. The molecule has 4 rings (SSSR count). The number of ether oxygens (including phenoxy) is 3. The number of carbonyl (C=O) groups is 2. The molecule has 2 unspecified atom stereocenters. The van der Waals surface area contributed by atoms with Crippen LogP contribution in [0.1, 0.15) is 40.2 Å². The number of benzene rings is 1. The number of hydrogen-bond donors (Lipinski definition) is 2. The summed E-state index contributed by atoms with van der Waals surface area (Å²) in [6.07, 6.45) is 2.09. The SMILES string of the molecule is CNC(=O)c1ccc2c(cc1=O)[C@H](C1CC1C(N)=O)CCc1cc(OC)c(OC)c(OC)c1-2. The van der Waals surface area contributed by atoms with Gasteiger partial charge >= 0.3 is 0 Å². The fourth-order valence-corrected chi connectivity index (χ4v) is 5.10. The van der Waals surface area contributed by atoms with Crippen molar-refractivity contribution in [2.75, 3.05) is 28.4 Å². The Morgan fingerprint density at radius 3 is 2.36 bits per heavy atom. The fraction of sp³-hybridized carbons (Fsp3) is 0.400. The molecule has 3 atom stereocenters. The molecule has 2 aromatic rings. The molecule has 8 nitrogen and oxygen atoms in total. The third-order valence-electron chi connectivity index (χ3n) is 6.78. The lowest BCUT2D eigenvalue weighted by atomic mass is 9.88. The zero-order valence-electron chi connectivity index (χ0n) is 19.2. The van der Waals surface area contributed by atoms with E-state index in [4.69, 9.17) is 19.9 Å². The molecular weight excluding hydrogens is 424 g/mol. The molecule has 2 aliphatic carbocycles. The molecule has 0 bridgehead atoms. The predicted octanol–water partition coefficient (Wildman–Crippen LogP) is 2.25. The third-order valence-corrected chi connectivity index (χ3v) is 6.78. The number of carbonyl (C=O) groups excluding carboxylic acids is 2. The summed E-state index contributed by atoms with van der Waals surface area (Å²) in [4.78, 5) is 37.3. The van der Waals surface area contributed by atoms with Crippen LogP contribution in [0.2, 0.25) is 0 Å². The molecule has 0 heterocycles. The summed E-state index contributed by atoms with van der Waals surface area (Å²) in [6, 6.07) is 6.79. The Kier molecular flexibility index (Phi) is 6.01. The van der Waals surface area contributed by atoms with E-state index in [-0.39, 0.29) is 34.7 Å². The van der Waals surface area contributed by atoms with Gasteiger partial charge in [-0.25, -0.2) is 0 Å². The number of nitrogens with two attached hydrogens (primary N) is 1. The number of hydrogen-bond acceptors (Lipinski definition) is 6. The number of aryl methyl sites for hydroxylation is 1. The van der Waals surface area contributed by atoms with E-state index in [0.29, 0.717) is 36.5 Å². The van der Waals surface area contributed by atoms with Crippen molar-refractivity contribution in [3.05, 3.63) is 51.2 Å². The Balaban J connectivity index is 2.03. The predicted molar refractivity (Wildman–Crippen MR) is 123 cm³/mol. The van der Waals surface area contributed by atoms with Gasteiger partial charge in [0, 0.05) is 18.5 Å². The molecule has 8 heteroatoms. The van der Waals surface area contributed by atoms with Gasteiger partial charge in [-0.1, -0.05) is 6.07 Å². The molecule has 0 saturated heterocycles. The standard InChI is InChI=1S/C25H28N2O6/c1-27-25(30)15-8-7-14-17(11-19(15)28)13(16-10-18(16)24(26)29)6-5-12-9-20(31-2)22(32-3)23(33-4)21(12)14/h7-9,11,13,16,18H,5-6,10H2,1-4H3,(H2,26,29)(H,27,30)/t13-,16?,18?/m0/s1. The first-order valence-corrected chi connectivity index (χ1v) is 10.9. The number of nitrogens with one attached hydrogen (secondary N) is 1. The average molecular weight is 453 g/mol. The summed E-state index contributed by atoms with van der Waals surface area (Å²) in [5.74, 6) is 0.487. The van der Waals surface area contributed by atoms with Crippen molar-refractivity contribution in [1.82, 2.24) is 5.32 Å². The van der Waals surface area contributed by atoms with Crippen LogP contribution in [0.15, 0.2) is 29.1 Å². The van der Waals surface area contributed by atoms with E-state index in [9.17, 15) is 14.4 Å². The molecule has 1 fully saturated rings. The van der Waals surface area contributed by atoms with Crippen LogP contribution in [0.3, 0.4) is 0 Å². The van der Waals surface area contributed by atoms with Gasteiger partial charge in [0.15, 0.2) is 16.9 Å². The smallest absolute Gasteiger partial charge is 0.254 e. The lowest BCUT2D eigenvalue weighted by molar-refractivity contribution is -0.119. The quantitative estimate of drug-likeness (QED) is 0.694. The second-order valence-corrected chi connectivity index (χ2v) is 8.44. The Morgan fingerprint density at radius 2 is 1.79 bits per heavy atom. The summed E-state index contributed by atoms with van der Waals surface area (Å²) in [7, 11) is 6.15. The summed E-state index contributed by atoms with van der Waals surface area (Å²) in [6.45, 7) is 0. The Bertz CT molecular complexity index is 1190. The number of amides is 2. The minimum Gasteiger partial charge on any atom is -0.493 e. The molecule has 174 valence electrons. The lowest BCUT2D eigenvalue weighted by Crippen LogP contribution is -2.24. The number of rotatable bonds is 6. The van der Waals surface area contributed by atoms with Gasteiger partial charge in [0.25, 0.3) is 5.91 Å². The molecule has 2 aliphatic rings. The number of methoxy groups -OCH3 is 3. The molecular formula is C25H28N2O6. The van der Waals surface area contributed by atoms with Crippen molar-refractivity contribution < 1.29 is 23.8 Å². The van der Waals surface area contributed by atoms with Gasteiger partial charge in [0.1, 0.15) is 0 Å².